The lowest BCUT2D eigenvalue weighted by Crippen LogP contribution is -2.35. The number of hydrogen-bond acceptors (Lipinski definition) is 5. The highest BCUT2D eigenvalue weighted by molar-refractivity contribution is 5.88. The third kappa shape index (κ3) is 3.94. The van der Waals surface area contributed by atoms with Crippen molar-refractivity contribution in [1.82, 2.24) is 4.90 Å². The Labute approximate surface area is 168 Å². The Kier molecular flexibility index (Phi) is 10.1. The fourth-order valence-electron chi connectivity index (χ4n) is 4.08. The molecule has 1 atom stereocenters. The minimum absolute atomic E-state index is 0. The van der Waals surface area contributed by atoms with Gasteiger partial charge in [0.2, 0.25) is 0 Å². The van der Waals surface area contributed by atoms with Crippen molar-refractivity contribution in [2.75, 3.05) is 27.8 Å². The van der Waals surface area contributed by atoms with Gasteiger partial charge in [-0.2, -0.15) is 0 Å². The molecular weight excluding hydrogens is 386 g/mol. The summed E-state index contributed by atoms with van der Waals surface area (Å²) in [6.07, 6.45) is 1.70. The fraction of sp³-hybridized carbons (Fsp3) is 0.368. The van der Waals surface area contributed by atoms with Gasteiger partial charge >= 0.3 is 0 Å². The average Bonchev–Trinajstić information content (AvgIpc) is 2.59. The average molecular weight is 417 g/mol. The molecule has 0 aromatic heterocycles. The van der Waals surface area contributed by atoms with Crippen LogP contribution in [0.1, 0.15) is 22.7 Å². The molecule has 2 aromatic carbocycles. The molecule has 0 saturated carbocycles. The highest BCUT2D eigenvalue weighted by Gasteiger charge is 2.37. The van der Waals surface area contributed by atoms with Crippen LogP contribution in [0.5, 0.6) is 23.0 Å². The smallest absolute Gasteiger partial charge is 0.166 e. The third-order valence-electron chi connectivity index (χ3n) is 5.32. The number of methoxy groups -OCH3 is 2. The zero-order valence-corrected chi connectivity index (χ0v) is 16.6. The lowest BCUT2D eigenvalue weighted by Gasteiger charge is -2.40. The van der Waals surface area contributed by atoms with Gasteiger partial charge in [0, 0.05) is 23.7 Å². The first-order valence-electron chi connectivity index (χ1n) is 8.09. The summed E-state index contributed by atoms with van der Waals surface area (Å²) >= 11 is 0. The molecule has 29 heavy (non-hydrogen) atoms. The van der Waals surface area contributed by atoms with Crippen molar-refractivity contribution < 1.29 is 47.1 Å². The topological polar surface area (TPSA) is 220 Å². The maximum absolute atomic E-state index is 10.8. The van der Waals surface area contributed by atoms with E-state index in [1.54, 1.807) is 13.2 Å². The summed E-state index contributed by atoms with van der Waals surface area (Å²) in [6, 6.07) is 5.87. The molecule has 0 spiro atoms. The third-order valence-corrected chi connectivity index (χ3v) is 5.32. The van der Waals surface area contributed by atoms with E-state index in [9.17, 15) is 10.2 Å². The van der Waals surface area contributed by atoms with Gasteiger partial charge in [-0.3, -0.25) is 4.90 Å². The molecule has 2 aromatic rings. The SMILES string of the molecule is COc1ccc2c(c1O)-c1c(O)c(OC)cc3c1[C@H](C2)N(C)CC3.O.O.O.O.O. The zero-order chi connectivity index (χ0) is 17.0. The van der Waals surface area contributed by atoms with Crippen LogP contribution in [0.15, 0.2) is 18.2 Å². The van der Waals surface area contributed by atoms with Crippen molar-refractivity contribution in [2.45, 2.75) is 18.9 Å². The monoisotopic (exact) mass is 417 g/mol. The molecule has 0 fully saturated rings. The quantitative estimate of drug-likeness (QED) is 0.609. The minimum atomic E-state index is 0. The zero-order valence-electron chi connectivity index (χ0n) is 16.6. The van der Waals surface area contributed by atoms with Crippen LogP contribution in [0.4, 0.5) is 0 Å². The molecule has 1 aliphatic heterocycles. The van der Waals surface area contributed by atoms with E-state index in [-0.39, 0.29) is 44.9 Å². The molecule has 0 radical (unpaired) electrons. The Morgan fingerprint density at radius 3 is 2.03 bits per heavy atom. The van der Waals surface area contributed by atoms with Crippen LogP contribution in [0.3, 0.4) is 0 Å². The van der Waals surface area contributed by atoms with Crippen molar-refractivity contribution >= 4 is 0 Å². The van der Waals surface area contributed by atoms with Crippen molar-refractivity contribution in [3.05, 3.63) is 34.9 Å². The maximum atomic E-state index is 10.8. The molecule has 10 nitrogen and oxygen atoms in total. The van der Waals surface area contributed by atoms with Crippen LogP contribution in [0.25, 0.3) is 11.1 Å². The number of rotatable bonds is 2. The van der Waals surface area contributed by atoms with E-state index in [2.05, 4.69) is 11.9 Å². The van der Waals surface area contributed by atoms with Gasteiger partial charge in [-0.15, -0.1) is 0 Å². The summed E-state index contributed by atoms with van der Waals surface area (Å²) in [7, 11) is 5.19. The number of likely N-dealkylation sites (N-methyl/N-ethyl adjacent to an activating group) is 1. The van der Waals surface area contributed by atoms with Crippen LogP contribution in [0, 0.1) is 0 Å². The number of hydrogen-bond donors (Lipinski definition) is 2. The van der Waals surface area contributed by atoms with E-state index in [0.717, 1.165) is 30.5 Å². The van der Waals surface area contributed by atoms with Gasteiger partial charge in [0.15, 0.2) is 23.0 Å². The number of phenolic OH excluding ortho intramolecular Hbond substituents is 2. The van der Waals surface area contributed by atoms with E-state index in [4.69, 9.17) is 9.47 Å². The van der Waals surface area contributed by atoms with E-state index >= 15 is 0 Å². The first-order valence-corrected chi connectivity index (χ1v) is 8.09. The van der Waals surface area contributed by atoms with E-state index in [1.807, 2.05) is 12.1 Å². The summed E-state index contributed by atoms with van der Waals surface area (Å²) in [4.78, 5) is 2.31. The molecule has 0 bridgehead atoms. The van der Waals surface area contributed by atoms with Gasteiger partial charge in [0.1, 0.15) is 0 Å². The predicted molar refractivity (Wildman–Crippen MR) is 109 cm³/mol. The molecular formula is C19H31NO9. The van der Waals surface area contributed by atoms with Crippen LogP contribution in [-0.4, -0.2) is 70.3 Å². The Morgan fingerprint density at radius 2 is 1.45 bits per heavy atom. The number of phenols is 2. The minimum Gasteiger partial charge on any atom is -0.504 e. The standard InChI is InChI=1S/C19H21NO4.5H2O/c1-20-7-6-11-9-14(24-3)19(22)17-15(11)12(20)8-10-4-5-13(23-2)18(21)16(10)17;;;;;/h4-5,9,12,21-22H,6-8H2,1-3H3;5*1H2/t12-;;;;;/m0...../s1. The Balaban J connectivity index is 0. The van der Waals surface area contributed by atoms with Crippen molar-refractivity contribution in [2.24, 2.45) is 0 Å². The second-order valence-corrected chi connectivity index (χ2v) is 6.48. The fourth-order valence-corrected chi connectivity index (χ4v) is 4.08. The summed E-state index contributed by atoms with van der Waals surface area (Å²) in [5, 5.41) is 21.5. The number of aromatic hydroxyl groups is 2. The van der Waals surface area contributed by atoms with Gasteiger partial charge in [-0.05, 0) is 48.7 Å². The molecule has 4 rings (SSSR count). The lowest BCUT2D eigenvalue weighted by molar-refractivity contribution is 0.226. The van der Waals surface area contributed by atoms with Gasteiger partial charge in [-0.25, -0.2) is 0 Å². The molecule has 166 valence electrons. The van der Waals surface area contributed by atoms with Crippen LogP contribution >= 0.6 is 0 Å². The molecule has 1 aliphatic carbocycles. The van der Waals surface area contributed by atoms with Crippen LogP contribution < -0.4 is 9.47 Å². The van der Waals surface area contributed by atoms with Gasteiger partial charge < -0.3 is 47.1 Å². The summed E-state index contributed by atoms with van der Waals surface area (Å²) in [5.41, 5.74) is 4.62. The van der Waals surface area contributed by atoms with Gasteiger partial charge in [0.05, 0.1) is 14.2 Å². The van der Waals surface area contributed by atoms with Crippen LogP contribution in [-0.2, 0) is 12.8 Å². The first-order chi connectivity index (χ1) is 11.6. The molecule has 12 N–H and O–H groups in total. The molecule has 0 unspecified atom stereocenters. The molecule has 2 aliphatic rings. The maximum Gasteiger partial charge on any atom is 0.166 e. The summed E-state index contributed by atoms with van der Waals surface area (Å²) < 4.78 is 10.6. The van der Waals surface area contributed by atoms with Gasteiger partial charge in [0.25, 0.3) is 0 Å². The van der Waals surface area contributed by atoms with Crippen molar-refractivity contribution in [3.8, 4) is 34.1 Å². The molecule has 0 amide bonds. The molecule has 10 heteroatoms. The second-order valence-electron chi connectivity index (χ2n) is 6.48. The first kappa shape index (κ1) is 28.6. The molecule has 0 saturated heterocycles. The summed E-state index contributed by atoms with van der Waals surface area (Å²) in [5.74, 6) is 1.02. The number of nitrogens with zero attached hydrogens (tertiary/aromatic N) is 1. The normalized spacial score (nSPS) is 15.5. The largest absolute Gasteiger partial charge is 0.504 e. The second kappa shape index (κ2) is 10.3. The lowest BCUT2D eigenvalue weighted by atomic mass is 9.76. The van der Waals surface area contributed by atoms with Crippen molar-refractivity contribution in [3.63, 3.8) is 0 Å². The Hall–Kier alpha value is -2.60. The predicted octanol–water partition coefficient (Wildman–Crippen LogP) is -1.26. The summed E-state index contributed by atoms with van der Waals surface area (Å²) in [6.45, 7) is 0.961. The molecule has 1 heterocycles. The number of benzene rings is 2. The van der Waals surface area contributed by atoms with Gasteiger partial charge in [-0.1, -0.05) is 6.07 Å². The van der Waals surface area contributed by atoms with E-state index in [1.165, 1.54) is 12.7 Å². The number of ether oxygens (including phenoxy) is 2. The Morgan fingerprint density at radius 1 is 0.862 bits per heavy atom. The number of fused-ring (bicyclic) bond motifs is 2. The Bertz CT molecular complexity index is 841. The van der Waals surface area contributed by atoms with Crippen molar-refractivity contribution in [1.29, 1.82) is 0 Å². The highest BCUT2D eigenvalue weighted by Crippen LogP contribution is 2.55. The van der Waals surface area contributed by atoms with E-state index in [0.29, 0.717) is 22.6 Å². The van der Waals surface area contributed by atoms with Crippen LogP contribution in [0.2, 0.25) is 0 Å². The highest BCUT2D eigenvalue weighted by atomic mass is 16.5. The van der Waals surface area contributed by atoms with E-state index < -0.39 is 0 Å².